The van der Waals surface area contributed by atoms with Crippen molar-refractivity contribution in [3.05, 3.63) is 76.1 Å². The van der Waals surface area contributed by atoms with Crippen LogP contribution in [0.3, 0.4) is 0 Å². The minimum absolute atomic E-state index is 0.0578. The minimum Gasteiger partial charge on any atom is -0.484 e. The second-order valence-electron chi connectivity index (χ2n) is 6.50. The van der Waals surface area contributed by atoms with Gasteiger partial charge in [-0.15, -0.1) is 0 Å². The number of amides is 1. The average Bonchev–Trinajstić information content (AvgIpc) is 3.09. The highest BCUT2D eigenvalue weighted by molar-refractivity contribution is 5.79. The largest absolute Gasteiger partial charge is 0.484 e. The van der Waals surface area contributed by atoms with E-state index in [-0.39, 0.29) is 18.6 Å². The zero-order chi connectivity index (χ0) is 18.1. The molecular weight excluding hydrogens is 330 g/mol. The molecule has 1 amide bonds. The summed E-state index contributed by atoms with van der Waals surface area (Å²) in [7, 11) is 1.82. The minimum atomic E-state index is -0.412. The maximum atomic E-state index is 12.6. The van der Waals surface area contributed by atoms with E-state index in [1.807, 2.05) is 19.2 Å². The van der Waals surface area contributed by atoms with Gasteiger partial charge in [-0.2, -0.15) is 0 Å². The fourth-order valence-corrected chi connectivity index (χ4v) is 3.49. The van der Waals surface area contributed by atoms with Crippen LogP contribution in [0.4, 0.5) is 0 Å². The molecule has 26 heavy (non-hydrogen) atoms. The number of fused-ring (bicyclic) bond motifs is 2. The van der Waals surface area contributed by atoms with E-state index in [0.717, 1.165) is 18.2 Å². The van der Waals surface area contributed by atoms with Crippen LogP contribution in [0.2, 0.25) is 0 Å². The standard InChI is InChI=1S/C21H19NO4/c1-22(18-10-7-14-4-2-3-5-17(14)18)20(23)13-25-16-9-6-15-8-11-21(24)26-19(15)12-16/h2-6,8-9,11-12,18H,7,10,13H2,1H3/t18-/m1/s1. The van der Waals surface area contributed by atoms with Crippen molar-refractivity contribution >= 4 is 16.9 Å². The molecule has 0 N–H and O–H groups in total. The predicted octanol–water partition coefficient (Wildman–Crippen LogP) is 3.32. The zero-order valence-corrected chi connectivity index (χ0v) is 14.5. The van der Waals surface area contributed by atoms with Crippen molar-refractivity contribution in [3.8, 4) is 5.75 Å². The van der Waals surface area contributed by atoms with Crippen LogP contribution < -0.4 is 10.4 Å². The molecule has 0 aliphatic heterocycles. The van der Waals surface area contributed by atoms with E-state index in [0.29, 0.717) is 11.3 Å². The predicted molar refractivity (Wildman–Crippen MR) is 98.3 cm³/mol. The number of aryl methyl sites for hydroxylation is 1. The molecule has 0 fully saturated rings. The first-order valence-corrected chi connectivity index (χ1v) is 8.62. The van der Waals surface area contributed by atoms with Crippen LogP contribution in [0.25, 0.3) is 11.0 Å². The van der Waals surface area contributed by atoms with Gasteiger partial charge in [-0.05, 0) is 42.2 Å². The summed E-state index contributed by atoms with van der Waals surface area (Å²) in [6.07, 6.45) is 1.92. The van der Waals surface area contributed by atoms with E-state index in [1.165, 1.54) is 17.2 Å². The number of carbonyl (C=O) groups excluding carboxylic acids is 1. The number of carbonyl (C=O) groups is 1. The molecule has 1 atom stereocenters. The van der Waals surface area contributed by atoms with Crippen LogP contribution in [-0.2, 0) is 11.2 Å². The highest BCUT2D eigenvalue weighted by Crippen LogP contribution is 2.34. The molecule has 4 rings (SSSR count). The number of hydrogen-bond donors (Lipinski definition) is 0. The molecule has 0 bridgehead atoms. The van der Waals surface area contributed by atoms with Gasteiger partial charge in [0.2, 0.25) is 0 Å². The molecule has 1 aliphatic rings. The monoisotopic (exact) mass is 349 g/mol. The van der Waals surface area contributed by atoms with Crippen LogP contribution in [0, 0.1) is 0 Å². The number of likely N-dealkylation sites (N-methyl/N-ethyl adjacent to an activating group) is 1. The van der Waals surface area contributed by atoms with Gasteiger partial charge in [0.15, 0.2) is 6.61 Å². The molecule has 0 radical (unpaired) electrons. The van der Waals surface area contributed by atoms with Crippen LogP contribution in [0.15, 0.2) is 63.8 Å². The van der Waals surface area contributed by atoms with Crippen molar-refractivity contribution < 1.29 is 13.9 Å². The second-order valence-corrected chi connectivity index (χ2v) is 6.50. The highest BCUT2D eigenvalue weighted by atomic mass is 16.5. The van der Waals surface area contributed by atoms with Gasteiger partial charge in [-0.3, -0.25) is 4.79 Å². The summed E-state index contributed by atoms with van der Waals surface area (Å²) >= 11 is 0. The lowest BCUT2D eigenvalue weighted by atomic mass is 10.1. The Hall–Kier alpha value is -3.08. The molecule has 132 valence electrons. The van der Waals surface area contributed by atoms with Gasteiger partial charge in [0.1, 0.15) is 11.3 Å². The van der Waals surface area contributed by atoms with Gasteiger partial charge in [-0.25, -0.2) is 4.79 Å². The highest BCUT2D eigenvalue weighted by Gasteiger charge is 2.28. The maximum absolute atomic E-state index is 12.6. The molecule has 1 heterocycles. The Morgan fingerprint density at radius 3 is 2.88 bits per heavy atom. The van der Waals surface area contributed by atoms with E-state index in [9.17, 15) is 9.59 Å². The summed E-state index contributed by atoms with van der Waals surface area (Å²) in [5.74, 6) is 0.418. The maximum Gasteiger partial charge on any atom is 0.336 e. The van der Waals surface area contributed by atoms with Crippen LogP contribution in [-0.4, -0.2) is 24.5 Å². The summed E-state index contributed by atoms with van der Waals surface area (Å²) in [5.41, 5.74) is 2.56. The molecule has 2 aromatic carbocycles. The number of nitrogens with zero attached hydrogens (tertiary/aromatic N) is 1. The molecule has 0 saturated carbocycles. The Labute approximate surface area is 150 Å². The quantitative estimate of drug-likeness (QED) is 0.678. The Kier molecular flexibility index (Phi) is 4.21. The molecule has 1 aromatic heterocycles. The van der Waals surface area contributed by atoms with E-state index < -0.39 is 5.63 Å². The Morgan fingerprint density at radius 1 is 1.19 bits per heavy atom. The molecule has 0 saturated heterocycles. The normalized spacial score (nSPS) is 15.7. The lowest BCUT2D eigenvalue weighted by Crippen LogP contribution is -2.34. The van der Waals surface area contributed by atoms with Gasteiger partial charge in [0, 0.05) is 24.6 Å². The van der Waals surface area contributed by atoms with Crippen molar-refractivity contribution in [3.63, 3.8) is 0 Å². The van der Waals surface area contributed by atoms with Crippen molar-refractivity contribution in [2.75, 3.05) is 13.7 Å². The summed E-state index contributed by atoms with van der Waals surface area (Å²) in [4.78, 5) is 25.6. The number of rotatable bonds is 4. The third kappa shape index (κ3) is 3.08. The summed E-state index contributed by atoms with van der Waals surface area (Å²) in [5, 5.41) is 0.808. The third-order valence-electron chi connectivity index (χ3n) is 4.92. The average molecular weight is 349 g/mol. The third-order valence-corrected chi connectivity index (χ3v) is 4.92. The Morgan fingerprint density at radius 2 is 2.00 bits per heavy atom. The molecule has 5 nitrogen and oxygen atoms in total. The lowest BCUT2D eigenvalue weighted by Gasteiger charge is -2.25. The van der Waals surface area contributed by atoms with Crippen molar-refractivity contribution in [2.45, 2.75) is 18.9 Å². The molecule has 0 spiro atoms. The Balaban J connectivity index is 1.45. The zero-order valence-electron chi connectivity index (χ0n) is 14.5. The van der Waals surface area contributed by atoms with Gasteiger partial charge in [0.05, 0.1) is 6.04 Å². The van der Waals surface area contributed by atoms with Crippen molar-refractivity contribution in [2.24, 2.45) is 0 Å². The summed E-state index contributed by atoms with van der Waals surface area (Å²) in [6.45, 7) is -0.0578. The van der Waals surface area contributed by atoms with Crippen molar-refractivity contribution in [1.82, 2.24) is 4.90 Å². The molecule has 0 unspecified atom stereocenters. The van der Waals surface area contributed by atoms with Crippen LogP contribution in [0.1, 0.15) is 23.6 Å². The number of benzene rings is 2. The van der Waals surface area contributed by atoms with Gasteiger partial charge in [-0.1, -0.05) is 24.3 Å². The van der Waals surface area contributed by atoms with E-state index in [1.54, 1.807) is 29.2 Å². The molecule has 1 aliphatic carbocycles. The first kappa shape index (κ1) is 16.4. The van der Waals surface area contributed by atoms with Crippen LogP contribution >= 0.6 is 0 Å². The van der Waals surface area contributed by atoms with Crippen LogP contribution in [0.5, 0.6) is 5.75 Å². The topological polar surface area (TPSA) is 59.8 Å². The fourth-order valence-electron chi connectivity index (χ4n) is 3.49. The summed E-state index contributed by atoms with van der Waals surface area (Å²) in [6, 6.07) is 16.6. The SMILES string of the molecule is CN(C(=O)COc1ccc2ccc(=O)oc2c1)[C@@H]1CCc2ccccc21. The van der Waals surface area contributed by atoms with E-state index in [2.05, 4.69) is 12.1 Å². The first-order valence-electron chi connectivity index (χ1n) is 8.62. The Bertz CT molecular complexity index is 1020. The second kappa shape index (κ2) is 6.67. The number of hydrogen-bond acceptors (Lipinski definition) is 4. The van der Waals surface area contributed by atoms with Gasteiger partial charge >= 0.3 is 5.63 Å². The fraction of sp³-hybridized carbons (Fsp3) is 0.238. The summed E-state index contributed by atoms with van der Waals surface area (Å²) < 4.78 is 10.8. The van der Waals surface area contributed by atoms with Crippen molar-refractivity contribution in [1.29, 1.82) is 0 Å². The molecule has 5 heteroatoms. The molecular formula is C21H19NO4. The number of ether oxygens (including phenoxy) is 1. The van der Waals surface area contributed by atoms with E-state index >= 15 is 0 Å². The van der Waals surface area contributed by atoms with Gasteiger partial charge in [0.25, 0.3) is 5.91 Å². The van der Waals surface area contributed by atoms with E-state index in [4.69, 9.17) is 9.15 Å². The smallest absolute Gasteiger partial charge is 0.336 e. The first-order chi connectivity index (χ1) is 12.6. The lowest BCUT2D eigenvalue weighted by molar-refractivity contribution is -0.134. The molecule has 3 aromatic rings. The van der Waals surface area contributed by atoms with Gasteiger partial charge < -0.3 is 14.1 Å².